The number of alkyl halides is 3. The number of hydrogen-bond donors (Lipinski definition) is 0. The number of nitrogens with zero attached hydrogens (tertiary/aromatic N) is 1. The summed E-state index contributed by atoms with van der Waals surface area (Å²) in [5.41, 5.74) is -0.619. The van der Waals surface area contributed by atoms with Gasteiger partial charge in [0.15, 0.2) is 18.1 Å². The van der Waals surface area contributed by atoms with Gasteiger partial charge in [0.25, 0.3) is 0 Å². The summed E-state index contributed by atoms with van der Waals surface area (Å²) in [5.74, 6) is -2.56. The van der Waals surface area contributed by atoms with Crippen molar-refractivity contribution in [2.75, 3.05) is 13.7 Å². The Bertz CT molecular complexity index is 419. The van der Waals surface area contributed by atoms with Crippen molar-refractivity contribution in [3.63, 3.8) is 0 Å². The zero-order valence-corrected chi connectivity index (χ0v) is 8.55. The van der Waals surface area contributed by atoms with E-state index in [0.717, 1.165) is 13.3 Å². The van der Waals surface area contributed by atoms with Gasteiger partial charge in [-0.05, 0) is 0 Å². The van der Waals surface area contributed by atoms with E-state index in [-0.39, 0.29) is 0 Å². The molecular weight excluding hydrogens is 246 g/mol. The van der Waals surface area contributed by atoms with Crippen molar-refractivity contribution in [3.05, 3.63) is 23.8 Å². The molecule has 0 bridgehead atoms. The van der Waals surface area contributed by atoms with Crippen molar-refractivity contribution < 1.29 is 31.8 Å². The molecule has 94 valence electrons. The fourth-order valence-corrected chi connectivity index (χ4v) is 0.911. The molecule has 0 unspecified atom stereocenters. The highest BCUT2D eigenvalue weighted by Crippen LogP contribution is 2.19. The Morgan fingerprint density at radius 3 is 2.59 bits per heavy atom. The van der Waals surface area contributed by atoms with E-state index in [1.54, 1.807) is 0 Å². The van der Waals surface area contributed by atoms with E-state index in [1.165, 1.54) is 0 Å². The van der Waals surface area contributed by atoms with Gasteiger partial charge in [-0.15, -0.1) is 0 Å². The average molecular weight is 253 g/mol. The number of ether oxygens (including phenoxy) is 2. The first-order valence-corrected chi connectivity index (χ1v) is 4.27. The van der Waals surface area contributed by atoms with Crippen molar-refractivity contribution in [3.8, 4) is 5.75 Å². The molecule has 1 heterocycles. The zero-order chi connectivity index (χ0) is 13.1. The second-order valence-electron chi connectivity index (χ2n) is 2.90. The minimum Gasteiger partial charge on any atom is -0.482 e. The van der Waals surface area contributed by atoms with Gasteiger partial charge in [0.1, 0.15) is 5.75 Å². The highest BCUT2D eigenvalue weighted by atomic mass is 19.4. The zero-order valence-electron chi connectivity index (χ0n) is 8.55. The van der Waals surface area contributed by atoms with E-state index in [2.05, 4.69) is 14.5 Å². The van der Waals surface area contributed by atoms with Crippen molar-refractivity contribution in [2.24, 2.45) is 0 Å². The van der Waals surface area contributed by atoms with Crippen LogP contribution in [0.2, 0.25) is 0 Å². The molecule has 0 aliphatic rings. The number of esters is 1. The van der Waals surface area contributed by atoms with Crippen molar-refractivity contribution in [1.29, 1.82) is 0 Å². The first-order chi connectivity index (χ1) is 7.83. The number of halogens is 4. The lowest BCUT2D eigenvalue weighted by Crippen LogP contribution is -2.19. The Balaban J connectivity index is 2.79. The number of hydrogen-bond acceptors (Lipinski definition) is 4. The summed E-state index contributed by atoms with van der Waals surface area (Å²) in [6, 6.07) is 0.630. The molecule has 0 fully saturated rings. The number of carbonyl (C=O) groups is 1. The molecule has 0 saturated heterocycles. The summed E-state index contributed by atoms with van der Waals surface area (Å²) < 4.78 is 57.0. The van der Waals surface area contributed by atoms with Gasteiger partial charge in [0, 0.05) is 6.07 Å². The Kier molecular flexibility index (Phi) is 3.87. The van der Waals surface area contributed by atoms with E-state index in [4.69, 9.17) is 0 Å². The third-order valence-corrected chi connectivity index (χ3v) is 1.60. The summed E-state index contributed by atoms with van der Waals surface area (Å²) in [6.07, 6.45) is -3.72. The normalized spacial score (nSPS) is 11.1. The quantitative estimate of drug-likeness (QED) is 0.610. The van der Waals surface area contributed by atoms with Crippen LogP contribution in [-0.4, -0.2) is 30.8 Å². The maximum absolute atomic E-state index is 13.2. The maximum Gasteiger partial charge on any atom is 0.422 e. The lowest BCUT2D eigenvalue weighted by Gasteiger charge is -2.09. The van der Waals surface area contributed by atoms with E-state index in [9.17, 15) is 22.4 Å². The predicted molar refractivity (Wildman–Crippen MR) is 47.1 cm³/mol. The van der Waals surface area contributed by atoms with Crippen LogP contribution in [0.5, 0.6) is 5.75 Å². The van der Waals surface area contributed by atoms with E-state index in [1.807, 2.05) is 0 Å². The molecule has 17 heavy (non-hydrogen) atoms. The lowest BCUT2D eigenvalue weighted by molar-refractivity contribution is -0.153. The molecule has 0 aliphatic carbocycles. The van der Waals surface area contributed by atoms with Crippen LogP contribution < -0.4 is 4.74 Å². The molecule has 8 heteroatoms. The maximum atomic E-state index is 13.2. The number of pyridine rings is 1. The minimum atomic E-state index is -4.53. The minimum absolute atomic E-state index is 0.424. The van der Waals surface area contributed by atoms with Crippen LogP contribution in [0.15, 0.2) is 12.3 Å². The highest BCUT2D eigenvalue weighted by molar-refractivity contribution is 5.87. The Hall–Kier alpha value is -1.86. The van der Waals surface area contributed by atoms with Crippen molar-refractivity contribution in [1.82, 2.24) is 4.98 Å². The van der Waals surface area contributed by atoms with Crippen LogP contribution in [0.1, 0.15) is 10.5 Å². The van der Waals surface area contributed by atoms with Crippen LogP contribution in [0.3, 0.4) is 0 Å². The van der Waals surface area contributed by atoms with Gasteiger partial charge < -0.3 is 9.47 Å². The van der Waals surface area contributed by atoms with Gasteiger partial charge in [-0.2, -0.15) is 13.2 Å². The highest BCUT2D eigenvalue weighted by Gasteiger charge is 2.28. The SMILES string of the molecule is COC(=O)c1ncc(OCC(F)(F)F)cc1F. The third kappa shape index (κ3) is 3.89. The molecule has 0 spiro atoms. The molecule has 4 nitrogen and oxygen atoms in total. The lowest BCUT2D eigenvalue weighted by atomic mass is 10.3. The molecule has 1 aromatic heterocycles. The molecule has 0 atom stereocenters. The average Bonchev–Trinajstić information content (AvgIpc) is 2.24. The standard InChI is InChI=1S/C9H7F4NO3/c1-16-8(15)7-6(10)2-5(3-14-7)17-4-9(11,12)13/h2-3H,4H2,1H3. The predicted octanol–water partition coefficient (Wildman–Crippen LogP) is 1.95. The van der Waals surface area contributed by atoms with Crippen LogP contribution in [0.4, 0.5) is 17.6 Å². The molecule has 0 saturated carbocycles. The van der Waals surface area contributed by atoms with E-state index < -0.39 is 36.0 Å². The van der Waals surface area contributed by atoms with Crippen LogP contribution in [0.25, 0.3) is 0 Å². The second kappa shape index (κ2) is 4.98. The van der Waals surface area contributed by atoms with Gasteiger partial charge in [0.2, 0.25) is 0 Å². The summed E-state index contributed by atoms with van der Waals surface area (Å²) in [4.78, 5) is 14.2. The number of rotatable bonds is 3. The monoisotopic (exact) mass is 253 g/mol. The molecule has 0 N–H and O–H groups in total. The molecule has 0 radical (unpaired) electrons. The Labute approximate surface area is 93.2 Å². The Morgan fingerprint density at radius 1 is 1.47 bits per heavy atom. The Morgan fingerprint density at radius 2 is 2.12 bits per heavy atom. The van der Waals surface area contributed by atoms with Gasteiger partial charge in [0.05, 0.1) is 13.3 Å². The van der Waals surface area contributed by atoms with Gasteiger partial charge in [-0.1, -0.05) is 0 Å². The van der Waals surface area contributed by atoms with E-state index >= 15 is 0 Å². The number of methoxy groups -OCH3 is 1. The van der Waals surface area contributed by atoms with Crippen LogP contribution in [0, 0.1) is 5.82 Å². The van der Waals surface area contributed by atoms with Crippen molar-refractivity contribution >= 4 is 5.97 Å². The van der Waals surface area contributed by atoms with Crippen LogP contribution >= 0.6 is 0 Å². The number of carbonyl (C=O) groups excluding carboxylic acids is 1. The molecule has 1 aromatic rings. The van der Waals surface area contributed by atoms with E-state index in [0.29, 0.717) is 6.07 Å². The van der Waals surface area contributed by atoms with Gasteiger partial charge >= 0.3 is 12.1 Å². The number of aromatic nitrogens is 1. The smallest absolute Gasteiger partial charge is 0.422 e. The second-order valence-corrected chi connectivity index (χ2v) is 2.90. The summed E-state index contributed by atoms with van der Waals surface area (Å²) in [7, 11) is 1.03. The molecule has 0 amide bonds. The topological polar surface area (TPSA) is 48.4 Å². The molecule has 0 aromatic carbocycles. The van der Waals surface area contributed by atoms with Crippen LogP contribution in [-0.2, 0) is 4.74 Å². The fourth-order valence-electron chi connectivity index (χ4n) is 0.911. The fraction of sp³-hybridized carbons (Fsp3) is 0.333. The largest absolute Gasteiger partial charge is 0.482 e. The third-order valence-electron chi connectivity index (χ3n) is 1.60. The summed E-state index contributed by atoms with van der Waals surface area (Å²) in [6.45, 7) is -1.56. The molecule has 1 rings (SSSR count). The van der Waals surface area contributed by atoms with Gasteiger partial charge in [-0.3, -0.25) is 0 Å². The first-order valence-electron chi connectivity index (χ1n) is 4.27. The van der Waals surface area contributed by atoms with Crippen molar-refractivity contribution in [2.45, 2.75) is 6.18 Å². The molecule has 0 aliphatic heterocycles. The van der Waals surface area contributed by atoms with Gasteiger partial charge in [-0.25, -0.2) is 14.2 Å². The summed E-state index contributed by atoms with van der Waals surface area (Å²) >= 11 is 0. The first kappa shape index (κ1) is 13.2. The summed E-state index contributed by atoms with van der Waals surface area (Å²) in [5, 5.41) is 0. The molecular formula is C9H7F4NO3.